The summed E-state index contributed by atoms with van der Waals surface area (Å²) in [6.45, 7) is 0. The molecule has 0 bridgehead atoms. The minimum absolute atomic E-state index is 0.206. The van der Waals surface area contributed by atoms with Crippen LogP contribution in [-0.2, 0) is 12.8 Å². The fraction of sp³-hybridized carbons (Fsp3) is 0.250. The normalized spacial score (nSPS) is 10.6. The molecular weight excluding hydrogens is 262 g/mol. The lowest BCUT2D eigenvalue weighted by atomic mass is 10.3. The number of nitrogen functional groups attached to an aromatic ring is 1. The van der Waals surface area contributed by atoms with E-state index < -0.39 is 5.97 Å². The molecule has 0 saturated heterocycles. The summed E-state index contributed by atoms with van der Waals surface area (Å²) in [6.07, 6.45) is 1.34. The van der Waals surface area contributed by atoms with Gasteiger partial charge in [-0.25, -0.2) is 4.79 Å². The first-order chi connectivity index (χ1) is 8.08. The van der Waals surface area contributed by atoms with Gasteiger partial charge in [0.15, 0.2) is 4.34 Å². The van der Waals surface area contributed by atoms with E-state index in [0.717, 1.165) is 0 Å². The number of aryl methyl sites for hydroxylation is 1. The first kappa shape index (κ1) is 11.9. The van der Waals surface area contributed by atoms with E-state index in [1.807, 2.05) is 0 Å². The van der Waals surface area contributed by atoms with Crippen molar-refractivity contribution in [2.75, 3.05) is 5.73 Å². The third kappa shape index (κ3) is 2.56. The fourth-order valence-electron chi connectivity index (χ4n) is 1.22. The number of carboxylic acid groups (broad SMARTS) is 1. The molecule has 0 aliphatic carbocycles. The lowest BCUT2D eigenvalue weighted by molar-refractivity contribution is 0.0696. The second-order valence-electron chi connectivity index (χ2n) is 3.13. The van der Waals surface area contributed by atoms with Gasteiger partial charge < -0.3 is 10.8 Å². The maximum absolute atomic E-state index is 10.9. The molecule has 0 spiro atoms. The number of aromatic nitrogens is 4. The van der Waals surface area contributed by atoms with E-state index in [-0.39, 0.29) is 5.56 Å². The van der Waals surface area contributed by atoms with Crippen molar-refractivity contribution in [3.8, 4) is 0 Å². The number of nitrogens with two attached hydrogens (primary N) is 1. The van der Waals surface area contributed by atoms with Crippen LogP contribution in [0.25, 0.3) is 0 Å². The summed E-state index contributed by atoms with van der Waals surface area (Å²) in [6, 6.07) is 0. The van der Waals surface area contributed by atoms with Crippen LogP contribution in [0.5, 0.6) is 0 Å². The van der Waals surface area contributed by atoms with Crippen molar-refractivity contribution >= 4 is 34.2 Å². The fourth-order valence-corrected chi connectivity index (χ4v) is 2.93. The highest BCUT2D eigenvalue weighted by Gasteiger charge is 2.15. The Morgan fingerprint density at radius 1 is 1.65 bits per heavy atom. The zero-order chi connectivity index (χ0) is 12.4. The van der Waals surface area contributed by atoms with Gasteiger partial charge in [-0.15, -0.1) is 10.2 Å². The minimum Gasteiger partial charge on any atom is -0.478 e. The van der Waals surface area contributed by atoms with E-state index in [1.54, 1.807) is 11.7 Å². The molecule has 0 fully saturated rings. The molecule has 0 saturated carbocycles. The van der Waals surface area contributed by atoms with E-state index in [0.29, 0.717) is 20.9 Å². The molecule has 0 aliphatic heterocycles. The average Bonchev–Trinajstić information content (AvgIpc) is 2.82. The maximum atomic E-state index is 10.9. The maximum Gasteiger partial charge on any atom is 0.339 e. The highest BCUT2D eigenvalue weighted by molar-refractivity contribution is 8.00. The van der Waals surface area contributed by atoms with Crippen LogP contribution < -0.4 is 5.73 Å². The number of carbonyl (C=O) groups is 1. The summed E-state index contributed by atoms with van der Waals surface area (Å²) in [4.78, 5) is 10.9. The van der Waals surface area contributed by atoms with Gasteiger partial charge in [0.05, 0.1) is 11.9 Å². The van der Waals surface area contributed by atoms with Crippen LogP contribution in [0.4, 0.5) is 5.13 Å². The summed E-state index contributed by atoms with van der Waals surface area (Å²) in [7, 11) is 1.71. The number of hydrogen-bond acceptors (Lipinski definition) is 7. The molecule has 0 unspecified atom stereocenters. The number of nitrogens with zero attached hydrogens (tertiary/aromatic N) is 4. The van der Waals surface area contributed by atoms with Crippen LogP contribution in [0, 0.1) is 0 Å². The summed E-state index contributed by atoms with van der Waals surface area (Å²) in [5, 5.41) is 20.8. The first-order valence-corrected chi connectivity index (χ1v) is 6.34. The second-order valence-corrected chi connectivity index (χ2v) is 5.36. The third-order valence-corrected chi connectivity index (χ3v) is 3.94. The van der Waals surface area contributed by atoms with Crippen LogP contribution >= 0.6 is 23.1 Å². The van der Waals surface area contributed by atoms with Gasteiger partial charge in [-0.05, 0) is 0 Å². The Bertz CT molecular complexity index is 550. The summed E-state index contributed by atoms with van der Waals surface area (Å²) in [5.74, 6) is -0.516. The molecule has 0 amide bonds. The molecular formula is C8H9N5O2S2. The van der Waals surface area contributed by atoms with Gasteiger partial charge in [0.1, 0.15) is 5.56 Å². The average molecular weight is 271 g/mol. The Morgan fingerprint density at radius 3 is 3.00 bits per heavy atom. The Kier molecular flexibility index (Phi) is 3.29. The van der Waals surface area contributed by atoms with E-state index in [2.05, 4.69) is 15.3 Å². The topological polar surface area (TPSA) is 107 Å². The second kappa shape index (κ2) is 4.72. The minimum atomic E-state index is -0.981. The standard InChI is InChI=1S/C8H9N5O2S2/c1-13-5(4(2-10-13)6(14)15)3-16-8-12-11-7(9)17-8/h2H,3H2,1H3,(H2,9,11)(H,14,15). The molecule has 2 aromatic rings. The highest BCUT2D eigenvalue weighted by atomic mass is 32.2. The molecule has 17 heavy (non-hydrogen) atoms. The van der Waals surface area contributed by atoms with Crippen molar-refractivity contribution < 1.29 is 9.90 Å². The van der Waals surface area contributed by atoms with E-state index in [1.165, 1.54) is 29.3 Å². The summed E-state index contributed by atoms with van der Waals surface area (Å²) >= 11 is 2.66. The lowest BCUT2D eigenvalue weighted by Crippen LogP contribution is -2.03. The number of thioether (sulfide) groups is 1. The molecule has 0 radical (unpaired) electrons. The SMILES string of the molecule is Cn1ncc(C(=O)O)c1CSc1nnc(N)s1. The molecule has 7 nitrogen and oxygen atoms in total. The van der Waals surface area contributed by atoms with Gasteiger partial charge >= 0.3 is 5.97 Å². The van der Waals surface area contributed by atoms with Gasteiger partial charge in [-0.2, -0.15) is 5.10 Å². The van der Waals surface area contributed by atoms with E-state index in [9.17, 15) is 4.79 Å². The van der Waals surface area contributed by atoms with Crippen LogP contribution in [0.15, 0.2) is 10.5 Å². The molecule has 0 aromatic carbocycles. The molecule has 2 rings (SSSR count). The zero-order valence-electron chi connectivity index (χ0n) is 8.82. The molecule has 0 atom stereocenters. The molecule has 2 aromatic heterocycles. The summed E-state index contributed by atoms with van der Waals surface area (Å²) in [5.41, 5.74) is 6.30. The Balaban J connectivity index is 2.13. The van der Waals surface area contributed by atoms with Crippen molar-refractivity contribution in [3.05, 3.63) is 17.5 Å². The predicted molar refractivity (Wildman–Crippen MR) is 64.0 cm³/mol. The predicted octanol–water partition coefficient (Wildman–Crippen LogP) is 0.844. The van der Waals surface area contributed by atoms with Crippen LogP contribution in [0.2, 0.25) is 0 Å². The van der Waals surface area contributed by atoms with Gasteiger partial charge in [0.25, 0.3) is 0 Å². The highest BCUT2D eigenvalue weighted by Crippen LogP contribution is 2.27. The summed E-state index contributed by atoms with van der Waals surface area (Å²) < 4.78 is 2.25. The van der Waals surface area contributed by atoms with Crippen LogP contribution in [-0.4, -0.2) is 31.1 Å². The number of carboxylic acids is 1. The first-order valence-electron chi connectivity index (χ1n) is 4.54. The molecule has 90 valence electrons. The van der Waals surface area contributed by atoms with Gasteiger partial charge in [-0.3, -0.25) is 4.68 Å². The quantitative estimate of drug-likeness (QED) is 0.793. The Labute approximate surface area is 105 Å². The molecule has 0 aliphatic rings. The monoisotopic (exact) mass is 271 g/mol. The van der Waals surface area contributed by atoms with Crippen LogP contribution in [0.3, 0.4) is 0 Å². The largest absolute Gasteiger partial charge is 0.478 e. The van der Waals surface area contributed by atoms with Crippen molar-refractivity contribution in [1.29, 1.82) is 0 Å². The van der Waals surface area contributed by atoms with Crippen LogP contribution in [0.1, 0.15) is 16.1 Å². The van der Waals surface area contributed by atoms with Gasteiger partial charge in [0, 0.05) is 12.8 Å². The molecule has 9 heteroatoms. The smallest absolute Gasteiger partial charge is 0.339 e. The number of rotatable bonds is 4. The van der Waals surface area contributed by atoms with E-state index >= 15 is 0 Å². The van der Waals surface area contributed by atoms with Gasteiger partial charge in [-0.1, -0.05) is 23.1 Å². The number of anilines is 1. The zero-order valence-corrected chi connectivity index (χ0v) is 10.5. The van der Waals surface area contributed by atoms with Crippen molar-refractivity contribution in [3.63, 3.8) is 0 Å². The van der Waals surface area contributed by atoms with Crippen molar-refractivity contribution in [2.24, 2.45) is 7.05 Å². The molecule has 3 N–H and O–H groups in total. The third-order valence-electron chi connectivity index (χ3n) is 2.05. The van der Waals surface area contributed by atoms with Crippen molar-refractivity contribution in [2.45, 2.75) is 10.1 Å². The lowest BCUT2D eigenvalue weighted by Gasteiger charge is -2.01. The Morgan fingerprint density at radius 2 is 2.41 bits per heavy atom. The molecule has 2 heterocycles. The van der Waals surface area contributed by atoms with Crippen molar-refractivity contribution in [1.82, 2.24) is 20.0 Å². The Hall–Kier alpha value is -1.61. The number of hydrogen-bond donors (Lipinski definition) is 2. The van der Waals surface area contributed by atoms with E-state index in [4.69, 9.17) is 10.8 Å². The number of aromatic carboxylic acids is 1. The van der Waals surface area contributed by atoms with Gasteiger partial charge in [0.2, 0.25) is 5.13 Å².